The van der Waals surface area contributed by atoms with Crippen molar-refractivity contribution >= 4 is 45.6 Å². The van der Waals surface area contributed by atoms with Crippen molar-refractivity contribution in [1.29, 1.82) is 0 Å². The van der Waals surface area contributed by atoms with E-state index in [4.69, 9.17) is 14.6 Å². The summed E-state index contributed by atoms with van der Waals surface area (Å²) in [5.74, 6) is 1.06. The Hall–Kier alpha value is -3.30. The number of anilines is 1. The smallest absolute Gasteiger partial charge is 0.302 e. The van der Waals surface area contributed by atoms with Crippen molar-refractivity contribution < 1.29 is 19.1 Å². The van der Waals surface area contributed by atoms with Crippen molar-refractivity contribution in [1.82, 2.24) is 5.01 Å². The molecule has 0 fully saturated rings. The molecule has 4 rings (SSSR count). The number of rotatable bonds is 8. The van der Waals surface area contributed by atoms with Crippen LogP contribution in [0, 0.1) is 0 Å². The highest BCUT2D eigenvalue weighted by Gasteiger charge is 2.31. The normalized spacial score (nSPS) is 15.6. The van der Waals surface area contributed by atoms with Crippen molar-refractivity contribution in [3.8, 4) is 11.5 Å². The molecule has 1 aliphatic heterocycles. The van der Waals surface area contributed by atoms with Crippen molar-refractivity contribution in [3.05, 3.63) is 76.0 Å². The number of methoxy groups -OCH3 is 2. The Morgan fingerprint density at radius 3 is 2.59 bits per heavy atom. The van der Waals surface area contributed by atoms with Crippen molar-refractivity contribution in [2.75, 3.05) is 19.5 Å². The van der Waals surface area contributed by atoms with E-state index >= 15 is 0 Å². The highest BCUT2D eigenvalue weighted by Crippen LogP contribution is 2.34. The molecule has 176 valence electrons. The summed E-state index contributed by atoms with van der Waals surface area (Å²) in [6.07, 6.45) is 0.755. The third-order valence-corrected chi connectivity index (χ3v) is 7.49. The molecule has 34 heavy (non-hydrogen) atoms. The van der Waals surface area contributed by atoms with E-state index in [-0.39, 0.29) is 22.9 Å². The topological polar surface area (TPSA) is 80.2 Å². The van der Waals surface area contributed by atoms with Crippen molar-refractivity contribution in [3.63, 3.8) is 0 Å². The number of thioether (sulfide) groups is 1. The lowest BCUT2D eigenvalue weighted by Crippen LogP contribution is -2.35. The molecule has 1 N–H and O–H groups in total. The van der Waals surface area contributed by atoms with E-state index in [0.29, 0.717) is 22.1 Å². The number of para-hydroxylation sites is 1. The Morgan fingerprint density at radius 2 is 1.88 bits per heavy atom. The summed E-state index contributed by atoms with van der Waals surface area (Å²) in [4.78, 5) is 26.1. The maximum Gasteiger partial charge on any atom is 0.302 e. The van der Waals surface area contributed by atoms with Crippen LogP contribution in [0.3, 0.4) is 0 Å². The van der Waals surface area contributed by atoms with Gasteiger partial charge < -0.3 is 14.8 Å². The fourth-order valence-corrected chi connectivity index (χ4v) is 5.17. The number of hydrogen-bond acceptors (Lipinski definition) is 7. The minimum Gasteiger partial charge on any atom is -0.493 e. The van der Waals surface area contributed by atoms with Gasteiger partial charge in [0.25, 0.3) is 5.91 Å². The van der Waals surface area contributed by atoms with E-state index in [2.05, 4.69) is 5.32 Å². The van der Waals surface area contributed by atoms with Gasteiger partial charge in [0.05, 0.1) is 36.6 Å². The predicted molar refractivity (Wildman–Crippen MR) is 137 cm³/mol. The number of carbonyl (C=O) groups excluding carboxylic acids is 2. The number of ether oxygens (including phenoxy) is 2. The molecule has 1 aliphatic rings. The third kappa shape index (κ3) is 5.10. The van der Waals surface area contributed by atoms with Gasteiger partial charge in [0.15, 0.2) is 11.5 Å². The molecule has 1 aromatic heterocycles. The van der Waals surface area contributed by atoms with Gasteiger partial charge in [0.2, 0.25) is 0 Å². The molecular formula is C25H25N3O4S2. The predicted octanol–water partition coefficient (Wildman–Crippen LogP) is 5.87. The summed E-state index contributed by atoms with van der Waals surface area (Å²) >= 11 is 2.63. The standard InChI is InChI=1S/C25H25N3O4S2/c1-4-21-23(16-11-12-19(31-2)20(14-16)32-3)27-28(25(30)34-21)15-17-8-5-6-9-18(17)26-24(29)22-10-7-13-33-22/h5-14,21H,4,15H2,1-3H3,(H,26,29). The van der Waals surface area contributed by atoms with E-state index in [1.54, 1.807) is 20.3 Å². The van der Waals surface area contributed by atoms with E-state index in [0.717, 1.165) is 23.3 Å². The molecule has 0 aliphatic carbocycles. The van der Waals surface area contributed by atoms with Gasteiger partial charge in [-0.3, -0.25) is 9.59 Å². The second kappa shape index (κ2) is 10.8. The maximum atomic E-state index is 12.9. The van der Waals surface area contributed by atoms with Crippen LogP contribution in [0.4, 0.5) is 10.5 Å². The van der Waals surface area contributed by atoms with E-state index in [1.807, 2.05) is 60.8 Å². The molecule has 2 aromatic carbocycles. The van der Waals surface area contributed by atoms with Crippen molar-refractivity contribution in [2.24, 2.45) is 5.10 Å². The summed E-state index contributed by atoms with van der Waals surface area (Å²) in [5, 5.41) is 10.8. The third-order valence-electron chi connectivity index (χ3n) is 5.37. The zero-order valence-electron chi connectivity index (χ0n) is 19.1. The summed E-state index contributed by atoms with van der Waals surface area (Å²) in [6, 6.07) is 16.7. The summed E-state index contributed by atoms with van der Waals surface area (Å²) in [5.41, 5.74) is 3.12. The zero-order chi connectivity index (χ0) is 24.1. The van der Waals surface area contributed by atoms with Gasteiger partial charge in [0, 0.05) is 11.3 Å². The molecule has 0 radical (unpaired) electrons. The molecular weight excluding hydrogens is 470 g/mol. The van der Waals surface area contributed by atoms with Crippen LogP contribution in [0.15, 0.2) is 65.1 Å². The Balaban J connectivity index is 1.63. The summed E-state index contributed by atoms with van der Waals surface area (Å²) < 4.78 is 10.8. The van der Waals surface area contributed by atoms with Crippen LogP contribution in [-0.4, -0.2) is 41.3 Å². The molecule has 0 bridgehead atoms. The average Bonchev–Trinajstić information content (AvgIpc) is 3.41. The highest BCUT2D eigenvalue weighted by atomic mass is 32.2. The van der Waals surface area contributed by atoms with Crippen LogP contribution in [0.5, 0.6) is 11.5 Å². The van der Waals surface area contributed by atoms with Crippen LogP contribution in [0.1, 0.15) is 34.1 Å². The molecule has 7 nitrogen and oxygen atoms in total. The largest absolute Gasteiger partial charge is 0.493 e. The Bertz CT molecular complexity index is 1210. The Kier molecular flexibility index (Phi) is 7.54. The van der Waals surface area contributed by atoms with Crippen LogP contribution >= 0.6 is 23.1 Å². The van der Waals surface area contributed by atoms with E-state index < -0.39 is 0 Å². The lowest BCUT2D eigenvalue weighted by Gasteiger charge is -2.29. The number of hydrogen-bond donors (Lipinski definition) is 1. The van der Waals surface area contributed by atoms with Gasteiger partial charge in [-0.15, -0.1) is 11.3 Å². The first-order valence-electron chi connectivity index (χ1n) is 10.8. The minimum atomic E-state index is -0.178. The number of nitrogens with one attached hydrogen (secondary N) is 1. The molecule has 2 heterocycles. The van der Waals surface area contributed by atoms with Gasteiger partial charge in [-0.05, 0) is 47.7 Å². The van der Waals surface area contributed by atoms with Crippen LogP contribution in [-0.2, 0) is 6.54 Å². The van der Waals surface area contributed by atoms with Gasteiger partial charge in [-0.1, -0.05) is 43.0 Å². The Morgan fingerprint density at radius 1 is 1.09 bits per heavy atom. The quantitative estimate of drug-likeness (QED) is 0.423. The fourth-order valence-electron chi connectivity index (χ4n) is 3.62. The first kappa shape index (κ1) is 23.8. The maximum absolute atomic E-state index is 12.9. The zero-order valence-corrected chi connectivity index (χ0v) is 20.7. The molecule has 2 amide bonds. The lowest BCUT2D eigenvalue weighted by molar-refractivity contribution is 0.103. The molecule has 9 heteroatoms. The number of thiophene rings is 1. The number of hydrazone groups is 1. The fraction of sp³-hybridized carbons (Fsp3) is 0.240. The lowest BCUT2D eigenvalue weighted by atomic mass is 10.0. The second-order valence-corrected chi connectivity index (χ2v) is 9.58. The van der Waals surface area contributed by atoms with E-state index in [1.165, 1.54) is 28.1 Å². The molecule has 0 saturated carbocycles. The van der Waals surface area contributed by atoms with Gasteiger partial charge in [-0.25, -0.2) is 5.01 Å². The highest BCUT2D eigenvalue weighted by molar-refractivity contribution is 8.14. The van der Waals surface area contributed by atoms with Crippen LogP contribution < -0.4 is 14.8 Å². The molecule has 3 aromatic rings. The molecule has 0 saturated heterocycles. The molecule has 1 atom stereocenters. The van der Waals surface area contributed by atoms with E-state index in [9.17, 15) is 9.59 Å². The Labute approximate surface area is 206 Å². The first-order chi connectivity index (χ1) is 16.5. The first-order valence-corrected chi connectivity index (χ1v) is 12.5. The average molecular weight is 496 g/mol. The van der Waals surface area contributed by atoms with Crippen LogP contribution in [0.25, 0.3) is 0 Å². The second-order valence-electron chi connectivity index (χ2n) is 7.48. The summed E-state index contributed by atoms with van der Waals surface area (Å²) in [7, 11) is 3.18. The number of nitrogens with zero attached hydrogens (tertiary/aromatic N) is 2. The minimum absolute atomic E-state index is 0.0735. The number of benzene rings is 2. The number of amides is 2. The summed E-state index contributed by atoms with van der Waals surface area (Å²) in [6.45, 7) is 2.27. The number of carbonyl (C=O) groups is 2. The van der Waals surface area contributed by atoms with Crippen molar-refractivity contribution in [2.45, 2.75) is 25.1 Å². The van der Waals surface area contributed by atoms with Crippen LogP contribution in [0.2, 0.25) is 0 Å². The SMILES string of the molecule is CCC1SC(=O)N(Cc2ccccc2NC(=O)c2cccs2)N=C1c1ccc(OC)c(OC)c1. The monoisotopic (exact) mass is 495 g/mol. The van der Waals surface area contributed by atoms with Gasteiger partial charge >= 0.3 is 5.24 Å². The van der Waals surface area contributed by atoms with Gasteiger partial charge in [-0.2, -0.15) is 5.10 Å². The molecule has 1 unspecified atom stereocenters. The molecule has 0 spiro atoms. The van der Waals surface area contributed by atoms with Gasteiger partial charge in [0.1, 0.15) is 0 Å².